The van der Waals surface area contributed by atoms with Crippen LogP contribution in [0.15, 0.2) is 42.5 Å². The van der Waals surface area contributed by atoms with E-state index < -0.39 is 0 Å². The van der Waals surface area contributed by atoms with Gasteiger partial charge in [0.15, 0.2) is 0 Å². The van der Waals surface area contributed by atoms with E-state index in [2.05, 4.69) is 5.32 Å². The zero-order valence-electron chi connectivity index (χ0n) is 13.4. The monoisotopic (exact) mass is 375 g/mol. The summed E-state index contributed by atoms with van der Waals surface area (Å²) in [5.41, 5.74) is 3.02. The van der Waals surface area contributed by atoms with Crippen molar-refractivity contribution in [2.45, 2.75) is 19.3 Å². The Morgan fingerprint density at radius 3 is 2.68 bits per heavy atom. The molecule has 1 aromatic heterocycles. The Labute approximate surface area is 155 Å². The minimum absolute atomic E-state index is 0.270. The predicted molar refractivity (Wildman–Crippen MR) is 100 cm³/mol. The van der Waals surface area contributed by atoms with Crippen LogP contribution in [0.2, 0.25) is 10.0 Å². The van der Waals surface area contributed by atoms with Gasteiger partial charge in [0.25, 0.3) is 0 Å². The average Bonchev–Trinajstić information content (AvgIpc) is 2.79. The standard InChI is InChI=1S/C19H16Cl2FN3/c20-15-9-8-12(11-16(15)21)25-19-14(6-3-4-10-23-19)18(24-25)13-5-1-2-7-17(13)22/h1-2,5,7-9,11,23H,3-4,6,10H2. The zero-order chi connectivity index (χ0) is 17.4. The molecule has 128 valence electrons. The van der Waals surface area contributed by atoms with E-state index >= 15 is 0 Å². The maximum atomic E-state index is 14.4. The molecule has 0 aliphatic carbocycles. The average molecular weight is 376 g/mol. The first-order valence-electron chi connectivity index (χ1n) is 8.21. The van der Waals surface area contributed by atoms with Gasteiger partial charge in [-0.15, -0.1) is 0 Å². The van der Waals surface area contributed by atoms with Gasteiger partial charge in [-0.25, -0.2) is 9.07 Å². The number of benzene rings is 2. The van der Waals surface area contributed by atoms with Gasteiger partial charge >= 0.3 is 0 Å². The summed E-state index contributed by atoms with van der Waals surface area (Å²) in [6.45, 7) is 0.858. The lowest BCUT2D eigenvalue weighted by atomic mass is 10.0. The number of nitrogens with one attached hydrogen (secondary N) is 1. The third-order valence-corrected chi connectivity index (χ3v) is 5.15. The Hall–Kier alpha value is -2.04. The lowest BCUT2D eigenvalue weighted by Crippen LogP contribution is -2.07. The Morgan fingerprint density at radius 2 is 1.88 bits per heavy atom. The van der Waals surface area contributed by atoms with Gasteiger partial charge in [0, 0.05) is 17.7 Å². The lowest BCUT2D eigenvalue weighted by Gasteiger charge is -2.10. The van der Waals surface area contributed by atoms with Crippen molar-refractivity contribution in [2.75, 3.05) is 11.9 Å². The number of hydrogen-bond donors (Lipinski definition) is 1. The summed E-state index contributed by atoms with van der Waals surface area (Å²) in [5.74, 6) is 0.627. The van der Waals surface area contributed by atoms with Crippen LogP contribution in [0.25, 0.3) is 16.9 Å². The minimum Gasteiger partial charge on any atom is -0.370 e. The highest BCUT2D eigenvalue weighted by molar-refractivity contribution is 6.42. The molecule has 3 aromatic rings. The maximum absolute atomic E-state index is 14.4. The van der Waals surface area contributed by atoms with E-state index in [4.69, 9.17) is 28.3 Å². The highest BCUT2D eigenvalue weighted by Gasteiger charge is 2.23. The van der Waals surface area contributed by atoms with E-state index in [1.165, 1.54) is 6.07 Å². The number of halogens is 3. The van der Waals surface area contributed by atoms with E-state index in [9.17, 15) is 4.39 Å². The van der Waals surface area contributed by atoms with Crippen molar-refractivity contribution in [3.63, 3.8) is 0 Å². The summed E-state index contributed by atoms with van der Waals surface area (Å²) in [7, 11) is 0. The maximum Gasteiger partial charge on any atom is 0.133 e. The van der Waals surface area contributed by atoms with Crippen LogP contribution in [0.1, 0.15) is 18.4 Å². The van der Waals surface area contributed by atoms with Crippen LogP contribution < -0.4 is 5.32 Å². The quantitative estimate of drug-likeness (QED) is 0.619. The largest absolute Gasteiger partial charge is 0.370 e. The van der Waals surface area contributed by atoms with E-state index in [0.717, 1.165) is 42.9 Å². The summed E-state index contributed by atoms with van der Waals surface area (Å²) in [6.07, 6.45) is 2.95. The summed E-state index contributed by atoms with van der Waals surface area (Å²) in [5, 5.41) is 9.11. The van der Waals surface area contributed by atoms with E-state index in [-0.39, 0.29) is 5.82 Å². The fraction of sp³-hybridized carbons (Fsp3) is 0.211. The first-order valence-corrected chi connectivity index (χ1v) is 8.97. The Morgan fingerprint density at radius 1 is 1.04 bits per heavy atom. The molecule has 0 atom stereocenters. The van der Waals surface area contributed by atoms with Crippen molar-refractivity contribution in [2.24, 2.45) is 0 Å². The van der Waals surface area contributed by atoms with Gasteiger partial charge in [-0.3, -0.25) is 0 Å². The Balaban J connectivity index is 1.93. The molecule has 1 N–H and O–H groups in total. The van der Waals surface area contributed by atoms with Crippen molar-refractivity contribution in [1.82, 2.24) is 9.78 Å². The molecule has 0 bridgehead atoms. The number of nitrogens with zero attached hydrogens (tertiary/aromatic N) is 2. The van der Waals surface area contributed by atoms with Crippen LogP contribution in [0.4, 0.5) is 10.2 Å². The van der Waals surface area contributed by atoms with Crippen LogP contribution in [-0.4, -0.2) is 16.3 Å². The predicted octanol–water partition coefficient (Wildman–Crippen LogP) is 5.73. The third-order valence-electron chi connectivity index (χ3n) is 4.41. The second-order valence-electron chi connectivity index (χ2n) is 6.05. The van der Waals surface area contributed by atoms with Gasteiger partial charge in [0.05, 0.1) is 15.7 Å². The van der Waals surface area contributed by atoms with Crippen LogP contribution >= 0.6 is 23.2 Å². The third kappa shape index (κ3) is 3.00. The molecule has 3 nitrogen and oxygen atoms in total. The van der Waals surface area contributed by atoms with Crippen molar-refractivity contribution in [1.29, 1.82) is 0 Å². The first-order chi connectivity index (χ1) is 12.1. The molecule has 0 unspecified atom stereocenters. The molecule has 0 radical (unpaired) electrons. The van der Waals surface area contributed by atoms with Gasteiger partial charge in [-0.2, -0.15) is 5.10 Å². The smallest absolute Gasteiger partial charge is 0.133 e. The van der Waals surface area contributed by atoms with Crippen molar-refractivity contribution >= 4 is 29.0 Å². The SMILES string of the molecule is Fc1ccccc1-c1nn(-c2ccc(Cl)c(Cl)c2)c2c1CCCCN2. The number of rotatable bonds is 2. The second kappa shape index (κ2) is 6.70. The number of fused-ring (bicyclic) bond motifs is 1. The molecule has 0 spiro atoms. The normalized spacial score (nSPS) is 13.9. The first kappa shape index (κ1) is 16.4. The Kier molecular flexibility index (Phi) is 4.40. The fourth-order valence-electron chi connectivity index (χ4n) is 3.18. The van der Waals surface area contributed by atoms with Crippen molar-refractivity contribution < 1.29 is 4.39 Å². The van der Waals surface area contributed by atoms with Crippen LogP contribution in [-0.2, 0) is 6.42 Å². The van der Waals surface area contributed by atoms with Crippen LogP contribution in [0.5, 0.6) is 0 Å². The van der Waals surface area contributed by atoms with Gasteiger partial charge in [-0.1, -0.05) is 35.3 Å². The van der Waals surface area contributed by atoms with Crippen LogP contribution in [0.3, 0.4) is 0 Å². The molecule has 0 saturated heterocycles. The van der Waals surface area contributed by atoms with Crippen LogP contribution in [0, 0.1) is 5.82 Å². The topological polar surface area (TPSA) is 29.9 Å². The summed E-state index contributed by atoms with van der Waals surface area (Å²) < 4.78 is 16.2. The van der Waals surface area contributed by atoms with Gasteiger partial charge in [0.1, 0.15) is 17.3 Å². The highest BCUT2D eigenvalue weighted by atomic mass is 35.5. The fourth-order valence-corrected chi connectivity index (χ4v) is 3.47. The van der Waals surface area contributed by atoms with E-state index in [1.54, 1.807) is 28.9 Å². The number of anilines is 1. The molecule has 6 heteroatoms. The van der Waals surface area contributed by atoms with E-state index in [1.807, 2.05) is 12.1 Å². The van der Waals surface area contributed by atoms with Crippen molar-refractivity contribution in [3.8, 4) is 16.9 Å². The molecule has 4 rings (SSSR count). The molecular formula is C19H16Cl2FN3. The zero-order valence-corrected chi connectivity index (χ0v) is 14.9. The van der Waals surface area contributed by atoms with Gasteiger partial charge < -0.3 is 5.32 Å². The molecule has 1 aliphatic heterocycles. The van der Waals surface area contributed by atoms with Crippen molar-refractivity contribution in [3.05, 3.63) is 63.9 Å². The minimum atomic E-state index is -0.270. The number of aromatic nitrogens is 2. The molecule has 0 saturated carbocycles. The van der Waals surface area contributed by atoms with Gasteiger partial charge in [0.2, 0.25) is 0 Å². The highest BCUT2D eigenvalue weighted by Crippen LogP contribution is 2.36. The molecule has 25 heavy (non-hydrogen) atoms. The van der Waals surface area contributed by atoms with Gasteiger partial charge in [-0.05, 0) is 49.6 Å². The lowest BCUT2D eigenvalue weighted by molar-refractivity contribution is 0.630. The molecule has 2 heterocycles. The molecule has 2 aromatic carbocycles. The van der Waals surface area contributed by atoms with E-state index in [0.29, 0.717) is 21.3 Å². The summed E-state index contributed by atoms with van der Waals surface area (Å²) in [4.78, 5) is 0. The molecular weight excluding hydrogens is 360 g/mol. The summed E-state index contributed by atoms with van der Waals surface area (Å²) >= 11 is 12.2. The molecule has 0 fully saturated rings. The number of hydrogen-bond acceptors (Lipinski definition) is 2. The molecule has 0 amide bonds. The second-order valence-corrected chi connectivity index (χ2v) is 6.86. The summed E-state index contributed by atoms with van der Waals surface area (Å²) in [6, 6.07) is 12.1. The Bertz CT molecular complexity index is 936. The molecule has 1 aliphatic rings.